The number of nitrogens with zero attached hydrogens (tertiary/aromatic N) is 1. The predicted octanol–water partition coefficient (Wildman–Crippen LogP) is 3.99. The van der Waals surface area contributed by atoms with Crippen LogP contribution in [0.25, 0.3) is 0 Å². The number of halogens is 1. The highest BCUT2D eigenvalue weighted by Crippen LogP contribution is 2.32. The molecule has 1 amide bonds. The lowest BCUT2D eigenvalue weighted by atomic mass is 9.93. The molecule has 0 aliphatic heterocycles. The first kappa shape index (κ1) is 20.1. The van der Waals surface area contributed by atoms with E-state index in [-0.39, 0.29) is 17.9 Å². The second kappa shape index (κ2) is 8.28. The second-order valence-corrected chi connectivity index (χ2v) is 7.56. The number of hydrogen-bond donors (Lipinski definition) is 2. The number of carbonyl (C=O) groups excluding carboxylic acids is 1. The number of amides is 1. The molecule has 4 rings (SSSR count). The van der Waals surface area contributed by atoms with Crippen LogP contribution >= 0.6 is 11.6 Å². The second-order valence-electron chi connectivity index (χ2n) is 7.13. The molecule has 7 nitrogen and oxygen atoms in total. The van der Waals surface area contributed by atoms with Gasteiger partial charge < -0.3 is 24.1 Å². The minimum absolute atomic E-state index is 0.190. The van der Waals surface area contributed by atoms with Gasteiger partial charge in [-0.3, -0.25) is 9.59 Å². The lowest BCUT2D eigenvalue weighted by molar-refractivity contribution is 0.102. The van der Waals surface area contributed by atoms with E-state index in [4.69, 9.17) is 20.8 Å². The van der Waals surface area contributed by atoms with Gasteiger partial charge in [-0.25, -0.2) is 0 Å². The van der Waals surface area contributed by atoms with Crippen LogP contribution in [0.3, 0.4) is 0 Å². The Balaban J connectivity index is 1.80. The van der Waals surface area contributed by atoms with Crippen LogP contribution in [0.4, 0.5) is 5.69 Å². The van der Waals surface area contributed by atoms with E-state index in [1.165, 1.54) is 24.0 Å². The molecule has 8 heteroatoms. The van der Waals surface area contributed by atoms with Gasteiger partial charge in [-0.2, -0.15) is 0 Å². The Kier molecular flexibility index (Phi) is 5.55. The summed E-state index contributed by atoms with van der Waals surface area (Å²) in [4.78, 5) is 26.4. The molecule has 2 N–H and O–H groups in total. The molecule has 0 fully saturated rings. The Bertz CT molecular complexity index is 1150. The number of methoxy groups -OCH3 is 1. The van der Waals surface area contributed by atoms with Crippen molar-refractivity contribution in [3.05, 3.63) is 74.6 Å². The Morgan fingerprint density at radius 2 is 2.10 bits per heavy atom. The zero-order valence-electron chi connectivity index (χ0n) is 16.4. The van der Waals surface area contributed by atoms with Crippen LogP contribution in [-0.2, 0) is 19.4 Å². The van der Waals surface area contributed by atoms with Crippen molar-refractivity contribution in [2.45, 2.75) is 32.2 Å². The number of aromatic hydroxyl groups is 1. The minimum atomic E-state index is -0.723. The highest BCUT2D eigenvalue weighted by Gasteiger charge is 2.28. The van der Waals surface area contributed by atoms with E-state index >= 15 is 0 Å². The molecule has 1 aromatic carbocycles. The highest BCUT2D eigenvalue weighted by molar-refractivity contribution is 6.31. The normalized spacial score (nSPS) is 13.0. The number of furan rings is 1. The lowest BCUT2D eigenvalue weighted by Gasteiger charge is -2.23. The fourth-order valence-corrected chi connectivity index (χ4v) is 4.02. The van der Waals surface area contributed by atoms with E-state index in [1.807, 2.05) is 0 Å². The Labute approximate surface area is 177 Å². The van der Waals surface area contributed by atoms with Crippen molar-refractivity contribution in [1.82, 2.24) is 4.57 Å². The van der Waals surface area contributed by atoms with Crippen molar-refractivity contribution in [1.29, 1.82) is 0 Å². The predicted molar refractivity (Wildman–Crippen MR) is 113 cm³/mol. The van der Waals surface area contributed by atoms with Gasteiger partial charge in [-0.05, 0) is 56.0 Å². The summed E-state index contributed by atoms with van der Waals surface area (Å²) in [5.41, 5.74) is 0.823. The van der Waals surface area contributed by atoms with Crippen LogP contribution < -0.4 is 15.6 Å². The quantitative estimate of drug-likeness (QED) is 0.640. The van der Waals surface area contributed by atoms with Crippen molar-refractivity contribution in [3.8, 4) is 11.5 Å². The van der Waals surface area contributed by atoms with Gasteiger partial charge in [0.05, 0.1) is 25.6 Å². The van der Waals surface area contributed by atoms with E-state index in [9.17, 15) is 14.7 Å². The molecule has 0 spiro atoms. The van der Waals surface area contributed by atoms with Crippen molar-refractivity contribution >= 4 is 23.2 Å². The summed E-state index contributed by atoms with van der Waals surface area (Å²) >= 11 is 6.03. The number of ether oxygens (including phenoxy) is 1. The largest absolute Gasteiger partial charge is 0.507 e. The average Bonchev–Trinajstić information content (AvgIpc) is 3.25. The molecule has 2 heterocycles. The Morgan fingerprint density at radius 3 is 2.83 bits per heavy atom. The molecule has 0 atom stereocenters. The first-order valence-corrected chi connectivity index (χ1v) is 10.0. The van der Waals surface area contributed by atoms with E-state index in [0.29, 0.717) is 40.6 Å². The summed E-state index contributed by atoms with van der Waals surface area (Å²) in [7, 11) is 1.46. The molecular weight excluding hydrogens is 408 g/mol. The molecule has 1 aliphatic rings. The first-order valence-electron chi connectivity index (χ1n) is 9.64. The highest BCUT2D eigenvalue weighted by atomic mass is 35.5. The van der Waals surface area contributed by atoms with Crippen molar-refractivity contribution in [2.24, 2.45) is 0 Å². The zero-order chi connectivity index (χ0) is 21.3. The molecule has 156 valence electrons. The average molecular weight is 429 g/mol. The summed E-state index contributed by atoms with van der Waals surface area (Å²) in [6.45, 7) is 0.190. The SMILES string of the molecule is COc1ccc(Cl)cc1NC(=O)c1c(O)c2c(n(Cc3ccco3)c1=O)CCCC2. The molecule has 1 aliphatic carbocycles. The van der Waals surface area contributed by atoms with Gasteiger partial charge in [0.2, 0.25) is 0 Å². The summed E-state index contributed by atoms with van der Waals surface area (Å²) in [6, 6.07) is 8.27. The molecule has 0 radical (unpaired) electrons. The number of nitrogens with one attached hydrogen (secondary N) is 1. The van der Waals surface area contributed by atoms with Gasteiger partial charge in [-0.1, -0.05) is 11.6 Å². The minimum Gasteiger partial charge on any atom is -0.507 e. The third kappa shape index (κ3) is 3.68. The maximum Gasteiger partial charge on any atom is 0.267 e. The van der Waals surface area contributed by atoms with Crippen molar-refractivity contribution < 1.29 is 19.1 Å². The molecule has 30 heavy (non-hydrogen) atoms. The number of pyridine rings is 1. The van der Waals surface area contributed by atoms with Gasteiger partial charge in [0, 0.05) is 16.3 Å². The topological polar surface area (TPSA) is 93.7 Å². The standard InChI is InChI=1S/C22H21ClN2O5/c1-29-18-9-8-13(23)11-16(18)24-21(27)19-20(26)15-6-2-3-7-17(15)25(22(19)28)12-14-5-4-10-30-14/h4-5,8-11,26H,2-3,6-7,12H2,1H3,(H,24,27). The van der Waals surface area contributed by atoms with E-state index in [0.717, 1.165) is 18.5 Å². The lowest BCUT2D eigenvalue weighted by Crippen LogP contribution is -2.34. The molecule has 3 aromatic rings. The maximum absolute atomic E-state index is 13.3. The van der Waals surface area contributed by atoms with E-state index < -0.39 is 11.5 Å². The van der Waals surface area contributed by atoms with Gasteiger partial charge >= 0.3 is 0 Å². The summed E-state index contributed by atoms with van der Waals surface area (Å²) < 4.78 is 12.2. The number of benzene rings is 1. The molecule has 2 aromatic heterocycles. The third-order valence-corrected chi connectivity index (χ3v) is 5.51. The summed E-state index contributed by atoms with van der Waals surface area (Å²) in [5, 5.41) is 13.9. The molecule has 0 saturated heterocycles. The Morgan fingerprint density at radius 1 is 1.30 bits per heavy atom. The number of hydrogen-bond acceptors (Lipinski definition) is 5. The van der Waals surface area contributed by atoms with Crippen LogP contribution in [-0.4, -0.2) is 22.7 Å². The molecular formula is C22H21ClN2O5. The molecule has 0 saturated carbocycles. The Hall–Kier alpha value is -3.19. The van der Waals surface area contributed by atoms with E-state index in [2.05, 4.69) is 5.32 Å². The number of anilines is 1. The zero-order valence-corrected chi connectivity index (χ0v) is 17.2. The number of fused-ring (bicyclic) bond motifs is 1. The van der Waals surface area contributed by atoms with Crippen LogP contribution in [0.1, 0.15) is 40.2 Å². The fourth-order valence-electron chi connectivity index (χ4n) is 3.85. The monoisotopic (exact) mass is 428 g/mol. The van der Waals surface area contributed by atoms with Crippen LogP contribution in [0.2, 0.25) is 5.02 Å². The van der Waals surface area contributed by atoms with Gasteiger partial charge in [-0.15, -0.1) is 0 Å². The van der Waals surface area contributed by atoms with Crippen molar-refractivity contribution in [2.75, 3.05) is 12.4 Å². The van der Waals surface area contributed by atoms with Crippen LogP contribution in [0.5, 0.6) is 11.5 Å². The van der Waals surface area contributed by atoms with Crippen LogP contribution in [0, 0.1) is 0 Å². The van der Waals surface area contributed by atoms with E-state index in [1.54, 1.807) is 24.3 Å². The third-order valence-electron chi connectivity index (χ3n) is 5.28. The smallest absolute Gasteiger partial charge is 0.267 e. The number of rotatable bonds is 5. The van der Waals surface area contributed by atoms with Gasteiger partial charge in [0.15, 0.2) is 0 Å². The van der Waals surface area contributed by atoms with Gasteiger partial charge in [0.25, 0.3) is 11.5 Å². The number of aromatic nitrogens is 1. The van der Waals surface area contributed by atoms with Crippen molar-refractivity contribution in [3.63, 3.8) is 0 Å². The van der Waals surface area contributed by atoms with Gasteiger partial charge in [0.1, 0.15) is 22.8 Å². The number of carbonyl (C=O) groups is 1. The molecule has 0 unspecified atom stereocenters. The van der Waals surface area contributed by atoms with Crippen LogP contribution in [0.15, 0.2) is 45.8 Å². The first-order chi connectivity index (χ1) is 14.5. The maximum atomic E-state index is 13.3. The summed E-state index contributed by atoms with van der Waals surface area (Å²) in [5.74, 6) is 0.00284. The fraction of sp³-hybridized carbons (Fsp3) is 0.273. The summed E-state index contributed by atoms with van der Waals surface area (Å²) in [6.07, 6.45) is 4.58. The molecule has 0 bridgehead atoms.